The highest BCUT2D eigenvalue weighted by Crippen LogP contribution is 2.17. The largest absolute Gasteiger partial charge is 0.468 e. The van der Waals surface area contributed by atoms with Crippen LogP contribution in [0.1, 0.15) is 0 Å². The standard InChI is InChI=1S/C10H15NO6/c1-15-9(13)8(10(14)16-2)7-5-17-4-3-11(7)6-12/h6-8H,3-5H2,1-2H3. The van der Waals surface area contributed by atoms with Gasteiger partial charge in [0, 0.05) is 6.54 Å². The molecule has 0 radical (unpaired) electrons. The van der Waals surface area contributed by atoms with Crippen LogP contribution in [0.5, 0.6) is 0 Å². The van der Waals surface area contributed by atoms with Gasteiger partial charge in [0.05, 0.1) is 33.5 Å². The first-order valence-electron chi connectivity index (χ1n) is 5.10. The Kier molecular flexibility index (Phi) is 4.89. The molecule has 1 aliphatic heterocycles. The maximum absolute atomic E-state index is 11.6. The van der Waals surface area contributed by atoms with Crippen molar-refractivity contribution in [2.75, 3.05) is 34.0 Å². The molecule has 0 saturated carbocycles. The third-order valence-corrected chi connectivity index (χ3v) is 2.64. The second-order valence-corrected chi connectivity index (χ2v) is 3.51. The van der Waals surface area contributed by atoms with Crippen molar-refractivity contribution in [1.82, 2.24) is 4.90 Å². The van der Waals surface area contributed by atoms with Crippen molar-refractivity contribution in [2.45, 2.75) is 6.04 Å². The van der Waals surface area contributed by atoms with Gasteiger partial charge in [0.25, 0.3) is 0 Å². The molecule has 0 N–H and O–H groups in total. The molecule has 0 aliphatic carbocycles. The average molecular weight is 245 g/mol. The Balaban J connectivity index is 2.90. The van der Waals surface area contributed by atoms with E-state index in [1.165, 1.54) is 19.1 Å². The highest BCUT2D eigenvalue weighted by molar-refractivity contribution is 5.96. The molecule has 1 rings (SSSR count). The molecule has 0 aromatic carbocycles. The molecule has 1 heterocycles. The molecule has 7 nitrogen and oxygen atoms in total. The van der Waals surface area contributed by atoms with Crippen LogP contribution in [-0.4, -0.2) is 63.3 Å². The first-order chi connectivity index (χ1) is 8.15. The topological polar surface area (TPSA) is 82.1 Å². The van der Waals surface area contributed by atoms with Crippen LogP contribution < -0.4 is 0 Å². The number of carbonyl (C=O) groups is 3. The second kappa shape index (κ2) is 6.19. The molecule has 1 fully saturated rings. The van der Waals surface area contributed by atoms with Gasteiger partial charge in [0.2, 0.25) is 6.41 Å². The lowest BCUT2D eigenvalue weighted by molar-refractivity contribution is -0.166. The maximum atomic E-state index is 11.6. The smallest absolute Gasteiger partial charge is 0.322 e. The maximum Gasteiger partial charge on any atom is 0.322 e. The van der Waals surface area contributed by atoms with Crippen LogP contribution in [0.25, 0.3) is 0 Å². The molecular weight excluding hydrogens is 230 g/mol. The van der Waals surface area contributed by atoms with E-state index in [1.54, 1.807) is 0 Å². The number of ether oxygens (including phenoxy) is 3. The van der Waals surface area contributed by atoms with Gasteiger partial charge in [-0.25, -0.2) is 0 Å². The van der Waals surface area contributed by atoms with Crippen molar-refractivity contribution < 1.29 is 28.6 Å². The molecule has 1 aliphatic rings. The van der Waals surface area contributed by atoms with Gasteiger partial charge in [0.15, 0.2) is 5.92 Å². The van der Waals surface area contributed by atoms with Crippen LogP contribution in [0.15, 0.2) is 0 Å². The zero-order valence-corrected chi connectivity index (χ0v) is 9.75. The minimum absolute atomic E-state index is 0.105. The lowest BCUT2D eigenvalue weighted by atomic mass is 9.98. The normalized spacial score (nSPS) is 19.9. The minimum atomic E-state index is -1.17. The van der Waals surface area contributed by atoms with Gasteiger partial charge in [0.1, 0.15) is 0 Å². The highest BCUT2D eigenvalue weighted by atomic mass is 16.5. The molecule has 0 bridgehead atoms. The Hall–Kier alpha value is -1.63. The summed E-state index contributed by atoms with van der Waals surface area (Å²) >= 11 is 0. The summed E-state index contributed by atoms with van der Waals surface area (Å²) in [4.78, 5) is 35.3. The Morgan fingerprint density at radius 3 is 2.41 bits per heavy atom. The third kappa shape index (κ3) is 2.94. The Labute approximate surface area is 98.6 Å². The molecular formula is C10H15NO6. The van der Waals surface area contributed by atoms with E-state index in [1.807, 2.05) is 0 Å². The number of esters is 2. The van der Waals surface area contributed by atoms with Gasteiger partial charge in [-0.1, -0.05) is 0 Å². The van der Waals surface area contributed by atoms with Gasteiger partial charge in [-0.2, -0.15) is 0 Å². The second-order valence-electron chi connectivity index (χ2n) is 3.51. The minimum Gasteiger partial charge on any atom is -0.468 e. The first kappa shape index (κ1) is 13.4. The zero-order valence-electron chi connectivity index (χ0n) is 9.75. The number of carbonyl (C=O) groups excluding carboxylic acids is 3. The molecule has 0 aromatic heterocycles. The number of methoxy groups -OCH3 is 2. The number of hydrogen-bond donors (Lipinski definition) is 0. The van der Waals surface area contributed by atoms with E-state index < -0.39 is 23.9 Å². The molecule has 1 atom stereocenters. The van der Waals surface area contributed by atoms with Crippen LogP contribution in [-0.2, 0) is 28.6 Å². The van der Waals surface area contributed by atoms with Gasteiger partial charge in [-0.15, -0.1) is 0 Å². The molecule has 0 spiro atoms. The summed E-state index contributed by atoms with van der Waals surface area (Å²) < 4.78 is 14.3. The average Bonchev–Trinajstić information content (AvgIpc) is 2.39. The van der Waals surface area contributed by atoms with Crippen molar-refractivity contribution in [3.05, 3.63) is 0 Å². The molecule has 1 amide bonds. The summed E-state index contributed by atoms with van der Waals surface area (Å²) in [5.74, 6) is -2.64. The van der Waals surface area contributed by atoms with Crippen molar-refractivity contribution >= 4 is 18.3 Å². The van der Waals surface area contributed by atoms with Crippen LogP contribution in [0.3, 0.4) is 0 Å². The van der Waals surface area contributed by atoms with E-state index in [4.69, 9.17) is 4.74 Å². The van der Waals surface area contributed by atoms with Crippen molar-refractivity contribution in [2.24, 2.45) is 5.92 Å². The van der Waals surface area contributed by atoms with E-state index in [0.717, 1.165) is 0 Å². The summed E-state index contributed by atoms with van der Waals surface area (Å²) in [5.41, 5.74) is 0. The monoisotopic (exact) mass is 245 g/mol. The van der Waals surface area contributed by atoms with Crippen molar-refractivity contribution in [1.29, 1.82) is 0 Å². The molecule has 1 saturated heterocycles. The molecule has 7 heteroatoms. The number of morpholine rings is 1. The van der Waals surface area contributed by atoms with E-state index in [0.29, 0.717) is 19.6 Å². The summed E-state index contributed by atoms with van der Waals surface area (Å²) in [7, 11) is 2.35. The summed E-state index contributed by atoms with van der Waals surface area (Å²) in [5, 5.41) is 0. The SMILES string of the molecule is COC(=O)C(C(=O)OC)C1COCCN1C=O. The quantitative estimate of drug-likeness (QED) is 0.352. The van der Waals surface area contributed by atoms with Gasteiger partial charge in [-0.3, -0.25) is 14.4 Å². The molecule has 1 unspecified atom stereocenters. The lowest BCUT2D eigenvalue weighted by Gasteiger charge is -2.35. The predicted octanol–water partition coefficient (Wildman–Crippen LogP) is -1.19. The summed E-state index contributed by atoms with van der Waals surface area (Å²) in [6.07, 6.45) is 0.589. The Morgan fingerprint density at radius 2 is 1.94 bits per heavy atom. The van der Waals surface area contributed by atoms with E-state index in [9.17, 15) is 14.4 Å². The Morgan fingerprint density at radius 1 is 1.35 bits per heavy atom. The zero-order chi connectivity index (χ0) is 12.8. The van der Waals surface area contributed by atoms with Crippen LogP contribution in [0.2, 0.25) is 0 Å². The van der Waals surface area contributed by atoms with E-state index in [2.05, 4.69) is 9.47 Å². The molecule has 0 aromatic rings. The number of nitrogens with zero attached hydrogens (tertiary/aromatic N) is 1. The predicted molar refractivity (Wildman–Crippen MR) is 54.9 cm³/mol. The molecule has 17 heavy (non-hydrogen) atoms. The highest BCUT2D eigenvalue weighted by Gasteiger charge is 2.41. The fourth-order valence-corrected chi connectivity index (χ4v) is 1.72. The Bertz CT molecular complexity index is 289. The van der Waals surface area contributed by atoms with Gasteiger partial charge in [-0.05, 0) is 0 Å². The number of rotatable bonds is 4. The van der Waals surface area contributed by atoms with E-state index >= 15 is 0 Å². The summed E-state index contributed by atoms with van der Waals surface area (Å²) in [6, 6.07) is -0.679. The number of hydrogen-bond acceptors (Lipinski definition) is 6. The van der Waals surface area contributed by atoms with E-state index in [-0.39, 0.29) is 6.61 Å². The van der Waals surface area contributed by atoms with Crippen LogP contribution in [0, 0.1) is 5.92 Å². The fourth-order valence-electron chi connectivity index (χ4n) is 1.72. The van der Waals surface area contributed by atoms with Crippen molar-refractivity contribution in [3.63, 3.8) is 0 Å². The van der Waals surface area contributed by atoms with Crippen molar-refractivity contribution in [3.8, 4) is 0 Å². The van der Waals surface area contributed by atoms with Gasteiger partial charge < -0.3 is 19.1 Å². The third-order valence-electron chi connectivity index (χ3n) is 2.64. The first-order valence-corrected chi connectivity index (χ1v) is 5.10. The summed E-state index contributed by atoms with van der Waals surface area (Å²) in [6.45, 7) is 0.816. The fraction of sp³-hybridized carbons (Fsp3) is 0.700. The van der Waals surface area contributed by atoms with Crippen LogP contribution >= 0.6 is 0 Å². The molecule has 96 valence electrons. The van der Waals surface area contributed by atoms with Crippen LogP contribution in [0.4, 0.5) is 0 Å². The number of amides is 1. The lowest BCUT2D eigenvalue weighted by Crippen LogP contribution is -2.53. The van der Waals surface area contributed by atoms with Gasteiger partial charge >= 0.3 is 11.9 Å².